The van der Waals surface area contributed by atoms with Crippen molar-refractivity contribution in [1.29, 1.82) is 0 Å². The quantitative estimate of drug-likeness (QED) is 0.921. The van der Waals surface area contributed by atoms with Gasteiger partial charge in [0.25, 0.3) is 0 Å². The van der Waals surface area contributed by atoms with Crippen molar-refractivity contribution in [3.63, 3.8) is 0 Å². The minimum Gasteiger partial charge on any atom is -0.369 e. The van der Waals surface area contributed by atoms with Crippen LogP contribution in [-0.4, -0.2) is 43.2 Å². The van der Waals surface area contributed by atoms with Crippen LogP contribution < -0.4 is 10.6 Å². The van der Waals surface area contributed by atoms with Crippen LogP contribution in [-0.2, 0) is 0 Å². The molecule has 1 unspecified atom stereocenters. The minimum atomic E-state index is 0.145. The fraction of sp³-hybridized carbons (Fsp3) is 0.600. The lowest BCUT2D eigenvalue weighted by Gasteiger charge is -2.45. The Kier molecular flexibility index (Phi) is 4.71. The van der Waals surface area contributed by atoms with E-state index < -0.39 is 0 Å². The van der Waals surface area contributed by atoms with Gasteiger partial charge in [-0.25, -0.2) is 0 Å². The van der Waals surface area contributed by atoms with Gasteiger partial charge in [0.1, 0.15) is 0 Å². The van der Waals surface area contributed by atoms with Crippen LogP contribution in [0.2, 0.25) is 5.02 Å². The predicted molar refractivity (Wildman–Crippen MR) is 83.0 cm³/mol. The molecule has 2 rings (SSSR count). The summed E-state index contributed by atoms with van der Waals surface area (Å²) in [6.07, 6.45) is 1.10. The normalized spacial score (nSPS) is 20.3. The standard InChI is InChI=1S/C15H24ClN3/c1-3-15(2,12-17)19-10-8-18(9-11-19)14-6-4-13(16)5-7-14/h4-7H,3,8-12,17H2,1-2H3. The van der Waals surface area contributed by atoms with Crippen molar-refractivity contribution in [2.24, 2.45) is 5.73 Å². The number of nitrogens with two attached hydrogens (primary N) is 1. The van der Waals surface area contributed by atoms with Gasteiger partial charge in [-0.15, -0.1) is 0 Å². The lowest BCUT2D eigenvalue weighted by Crippen LogP contribution is -2.58. The first-order valence-electron chi connectivity index (χ1n) is 7.04. The maximum Gasteiger partial charge on any atom is 0.0407 e. The topological polar surface area (TPSA) is 32.5 Å². The second kappa shape index (κ2) is 6.12. The van der Waals surface area contributed by atoms with Gasteiger partial charge in [-0.05, 0) is 37.6 Å². The largest absolute Gasteiger partial charge is 0.369 e. The van der Waals surface area contributed by atoms with Crippen LogP contribution in [0.3, 0.4) is 0 Å². The molecule has 19 heavy (non-hydrogen) atoms. The highest BCUT2D eigenvalue weighted by molar-refractivity contribution is 6.30. The van der Waals surface area contributed by atoms with E-state index in [1.54, 1.807) is 0 Å². The number of hydrogen-bond donors (Lipinski definition) is 1. The van der Waals surface area contributed by atoms with Gasteiger partial charge < -0.3 is 10.6 Å². The highest BCUT2D eigenvalue weighted by Crippen LogP contribution is 2.23. The first-order valence-corrected chi connectivity index (χ1v) is 7.42. The third-order valence-electron chi connectivity index (χ3n) is 4.44. The summed E-state index contributed by atoms with van der Waals surface area (Å²) in [5.74, 6) is 0. The molecule has 1 saturated heterocycles. The van der Waals surface area contributed by atoms with Crippen LogP contribution in [0.1, 0.15) is 20.3 Å². The zero-order valence-corrected chi connectivity index (χ0v) is 12.7. The summed E-state index contributed by atoms with van der Waals surface area (Å²) in [5.41, 5.74) is 7.35. The highest BCUT2D eigenvalue weighted by atomic mass is 35.5. The van der Waals surface area contributed by atoms with Crippen molar-refractivity contribution in [2.45, 2.75) is 25.8 Å². The van der Waals surface area contributed by atoms with Crippen molar-refractivity contribution in [2.75, 3.05) is 37.6 Å². The number of rotatable bonds is 4. The molecule has 0 saturated carbocycles. The molecule has 4 heteroatoms. The van der Waals surface area contributed by atoms with Crippen molar-refractivity contribution < 1.29 is 0 Å². The van der Waals surface area contributed by atoms with E-state index in [-0.39, 0.29) is 5.54 Å². The summed E-state index contributed by atoms with van der Waals surface area (Å²) >= 11 is 5.93. The summed E-state index contributed by atoms with van der Waals surface area (Å²) in [7, 11) is 0. The summed E-state index contributed by atoms with van der Waals surface area (Å²) in [6, 6.07) is 8.11. The molecule has 1 fully saturated rings. The number of anilines is 1. The number of benzene rings is 1. The van der Waals surface area contributed by atoms with E-state index in [1.807, 2.05) is 12.1 Å². The lowest BCUT2D eigenvalue weighted by atomic mass is 9.95. The fourth-order valence-corrected chi connectivity index (χ4v) is 2.78. The molecule has 0 aliphatic carbocycles. The SMILES string of the molecule is CCC(C)(CN)N1CCN(c2ccc(Cl)cc2)CC1. The van der Waals surface area contributed by atoms with Crippen LogP contribution in [0.25, 0.3) is 0 Å². The average molecular weight is 282 g/mol. The molecule has 1 aromatic carbocycles. The van der Waals surface area contributed by atoms with Gasteiger partial charge in [-0.3, -0.25) is 4.90 Å². The van der Waals surface area contributed by atoms with Crippen molar-refractivity contribution in [1.82, 2.24) is 4.90 Å². The van der Waals surface area contributed by atoms with Gasteiger partial charge >= 0.3 is 0 Å². The maximum atomic E-state index is 5.94. The van der Waals surface area contributed by atoms with Gasteiger partial charge in [0.15, 0.2) is 0 Å². The monoisotopic (exact) mass is 281 g/mol. The molecule has 0 aromatic heterocycles. The second-order valence-electron chi connectivity index (χ2n) is 5.51. The average Bonchev–Trinajstić information content (AvgIpc) is 2.47. The summed E-state index contributed by atoms with van der Waals surface area (Å²) in [4.78, 5) is 4.94. The van der Waals surface area contributed by atoms with Crippen LogP contribution in [0.4, 0.5) is 5.69 Å². The summed E-state index contributed by atoms with van der Waals surface area (Å²) < 4.78 is 0. The van der Waals surface area contributed by atoms with Crippen molar-refractivity contribution >= 4 is 17.3 Å². The Morgan fingerprint density at radius 3 is 2.21 bits per heavy atom. The van der Waals surface area contributed by atoms with E-state index in [0.29, 0.717) is 0 Å². The van der Waals surface area contributed by atoms with Gasteiger partial charge in [0.2, 0.25) is 0 Å². The molecule has 106 valence electrons. The fourth-order valence-electron chi connectivity index (χ4n) is 2.65. The smallest absolute Gasteiger partial charge is 0.0407 e. The van der Waals surface area contributed by atoms with Gasteiger partial charge in [-0.2, -0.15) is 0 Å². The summed E-state index contributed by atoms with van der Waals surface area (Å²) in [5, 5.41) is 0.795. The van der Waals surface area contributed by atoms with E-state index in [9.17, 15) is 0 Å². The van der Waals surface area contributed by atoms with Gasteiger partial charge in [0, 0.05) is 49.0 Å². The molecule has 1 heterocycles. The Morgan fingerprint density at radius 2 is 1.74 bits per heavy atom. The summed E-state index contributed by atoms with van der Waals surface area (Å²) in [6.45, 7) is 9.47. The Morgan fingerprint density at radius 1 is 1.16 bits per heavy atom. The minimum absolute atomic E-state index is 0.145. The number of nitrogens with zero attached hydrogens (tertiary/aromatic N) is 2. The van der Waals surface area contributed by atoms with Crippen molar-refractivity contribution in [3.05, 3.63) is 29.3 Å². The zero-order chi connectivity index (χ0) is 13.9. The Balaban J connectivity index is 1.97. The molecule has 1 aliphatic heterocycles. The third kappa shape index (κ3) is 3.22. The first kappa shape index (κ1) is 14.6. The Hall–Kier alpha value is -0.770. The van der Waals surface area contributed by atoms with Gasteiger partial charge in [0.05, 0.1) is 0 Å². The van der Waals surface area contributed by atoms with Crippen molar-refractivity contribution in [3.8, 4) is 0 Å². The van der Waals surface area contributed by atoms with Gasteiger partial charge in [-0.1, -0.05) is 18.5 Å². The number of hydrogen-bond acceptors (Lipinski definition) is 3. The molecule has 3 nitrogen and oxygen atoms in total. The van der Waals surface area contributed by atoms with Crippen LogP contribution >= 0.6 is 11.6 Å². The molecular weight excluding hydrogens is 258 g/mol. The van der Waals surface area contributed by atoms with Crippen LogP contribution in [0.5, 0.6) is 0 Å². The predicted octanol–water partition coefficient (Wildman–Crippen LogP) is 2.59. The maximum absolute atomic E-state index is 5.94. The second-order valence-corrected chi connectivity index (χ2v) is 5.94. The molecular formula is C15H24ClN3. The zero-order valence-electron chi connectivity index (χ0n) is 11.9. The molecule has 1 aromatic rings. The van der Waals surface area contributed by atoms with Crippen LogP contribution in [0.15, 0.2) is 24.3 Å². The molecule has 0 amide bonds. The molecule has 0 bridgehead atoms. The Labute approximate surface area is 121 Å². The lowest BCUT2D eigenvalue weighted by molar-refractivity contribution is 0.0988. The van der Waals surface area contributed by atoms with E-state index >= 15 is 0 Å². The first-order chi connectivity index (χ1) is 9.09. The molecule has 1 atom stereocenters. The molecule has 2 N–H and O–H groups in total. The molecule has 1 aliphatic rings. The van der Waals surface area contributed by atoms with E-state index in [0.717, 1.165) is 44.2 Å². The number of piperazine rings is 1. The highest BCUT2D eigenvalue weighted by Gasteiger charge is 2.31. The molecule has 0 spiro atoms. The van der Waals surface area contributed by atoms with E-state index in [1.165, 1.54) is 5.69 Å². The Bertz CT molecular complexity index is 392. The van der Waals surface area contributed by atoms with E-state index in [2.05, 4.69) is 35.8 Å². The van der Waals surface area contributed by atoms with E-state index in [4.69, 9.17) is 17.3 Å². The number of halogens is 1. The third-order valence-corrected chi connectivity index (χ3v) is 4.69. The molecule has 0 radical (unpaired) electrons. The van der Waals surface area contributed by atoms with Crippen LogP contribution in [0, 0.1) is 0 Å².